The zero-order valence-corrected chi connectivity index (χ0v) is 17.9. The number of hydrogen-bond acceptors (Lipinski definition) is 4. The van der Waals surface area contributed by atoms with E-state index < -0.39 is 0 Å². The maximum absolute atomic E-state index is 13.4. The predicted molar refractivity (Wildman–Crippen MR) is 120 cm³/mol. The van der Waals surface area contributed by atoms with E-state index in [1.807, 2.05) is 71.6 Å². The number of urea groups is 1. The molecule has 0 spiro atoms. The van der Waals surface area contributed by atoms with E-state index in [9.17, 15) is 4.79 Å². The second-order valence-corrected chi connectivity index (χ2v) is 7.29. The number of para-hydroxylation sites is 2. The lowest BCUT2D eigenvalue weighted by Gasteiger charge is -2.38. The van der Waals surface area contributed by atoms with Gasteiger partial charge >= 0.3 is 6.03 Å². The first-order chi connectivity index (χ1) is 15.2. The third kappa shape index (κ3) is 4.01. The van der Waals surface area contributed by atoms with Crippen LogP contribution < -0.4 is 19.5 Å². The molecule has 1 aliphatic heterocycles. The van der Waals surface area contributed by atoms with Gasteiger partial charge in [-0.3, -0.25) is 0 Å². The minimum Gasteiger partial charge on any atom is -0.495 e. The van der Waals surface area contributed by atoms with E-state index in [0.29, 0.717) is 29.5 Å². The zero-order chi connectivity index (χ0) is 21.8. The molecule has 31 heavy (non-hydrogen) atoms. The summed E-state index contributed by atoms with van der Waals surface area (Å²) in [5.41, 5.74) is 3.85. The normalized spacial score (nSPS) is 15.1. The minimum absolute atomic E-state index is 0.182. The Labute approximate surface area is 182 Å². The van der Waals surface area contributed by atoms with Gasteiger partial charge in [0.2, 0.25) is 0 Å². The summed E-state index contributed by atoms with van der Waals surface area (Å²) >= 11 is 0. The maximum atomic E-state index is 13.4. The summed E-state index contributed by atoms with van der Waals surface area (Å²) in [7, 11) is 4.85. The van der Waals surface area contributed by atoms with E-state index in [1.165, 1.54) is 0 Å². The summed E-state index contributed by atoms with van der Waals surface area (Å²) in [5, 5.41) is 3.02. The van der Waals surface area contributed by atoms with Crippen molar-refractivity contribution < 1.29 is 19.0 Å². The average Bonchev–Trinajstić information content (AvgIpc) is 2.83. The van der Waals surface area contributed by atoms with Crippen LogP contribution in [0.15, 0.2) is 66.7 Å². The predicted octanol–water partition coefficient (Wildman–Crippen LogP) is 4.89. The Kier molecular flexibility index (Phi) is 5.98. The first-order valence-electron chi connectivity index (χ1n) is 10.2. The molecule has 0 fully saturated rings. The minimum atomic E-state index is -0.250. The summed E-state index contributed by atoms with van der Waals surface area (Å²) in [6.45, 7) is 0.572. The molecule has 0 saturated carbocycles. The highest BCUT2D eigenvalue weighted by Crippen LogP contribution is 2.41. The summed E-state index contributed by atoms with van der Waals surface area (Å²) in [6, 6.07) is 21.0. The first kappa shape index (κ1) is 20.6. The van der Waals surface area contributed by atoms with Gasteiger partial charge in [-0.2, -0.15) is 0 Å². The second kappa shape index (κ2) is 9.00. The topological polar surface area (TPSA) is 60.0 Å². The van der Waals surface area contributed by atoms with Crippen molar-refractivity contribution in [2.75, 3.05) is 33.2 Å². The molecule has 4 rings (SSSR count). The maximum Gasteiger partial charge on any atom is 0.322 e. The molecule has 0 bridgehead atoms. The monoisotopic (exact) mass is 418 g/mol. The number of nitrogens with zero attached hydrogens (tertiary/aromatic N) is 1. The van der Waals surface area contributed by atoms with Gasteiger partial charge in [0.05, 0.1) is 33.1 Å². The van der Waals surface area contributed by atoms with Crippen LogP contribution in [-0.2, 0) is 6.42 Å². The van der Waals surface area contributed by atoms with Crippen LogP contribution in [0.1, 0.15) is 22.7 Å². The Morgan fingerprint density at radius 3 is 2.23 bits per heavy atom. The van der Waals surface area contributed by atoms with Crippen molar-refractivity contribution in [3.8, 4) is 17.2 Å². The fraction of sp³-hybridized carbons (Fsp3) is 0.240. The number of ether oxygens (including phenoxy) is 3. The number of amides is 2. The molecule has 1 atom stereocenters. The van der Waals surface area contributed by atoms with Crippen molar-refractivity contribution in [1.82, 2.24) is 4.90 Å². The SMILES string of the molecule is COc1ccccc1NC(=O)N1CCc2cc(OC)c(OC)cc2C1c1ccccc1. The van der Waals surface area contributed by atoms with Crippen LogP contribution in [0.3, 0.4) is 0 Å². The lowest BCUT2D eigenvalue weighted by molar-refractivity contribution is 0.193. The number of fused-ring (bicyclic) bond motifs is 1. The van der Waals surface area contributed by atoms with Crippen LogP contribution >= 0.6 is 0 Å². The average molecular weight is 418 g/mol. The van der Waals surface area contributed by atoms with Crippen molar-refractivity contribution in [2.45, 2.75) is 12.5 Å². The Morgan fingerprint density at radius 1 is 0.871 bits per heavy atom. The van der Waals surface area contributed by atoms with Gasteiger partial charge in [-0.15, -0.1) is 0 Å². The smallest absolute Gasteiger partial charge is 0.322 e. The molecule has 6 heteroatoms. The molecule has 0 aromatic heterocycles. The third-order valence-corrected chi connectivity index (χ3v) is 5.60. The number of hydrogen-bond donors (Lipinski definition) is 1. The van der Waals surface area contributed by atoms with Gasteiger partial charge in [0.15, 0.2) is 11.5 Å². The Balaban J connectivity index is 1.75. The molecule has 3 aromatic rings. The molecule has 0 aliphatic carbocycles. The van der Waals surface area contributed by atoms with Crippen molar-refractivity contribution in [3.05, 3.63) is 83.4 Å². The molecule has 160 valence electrons. The molecular formula is C25H26N2O4. The van der Waals surface area contributed by atoms with Crippen LogP contribution in [0.2, 0.25) is 0 Å². The first-order valence-corrected chi connectivity index (χ1v) is 10.2. The largest absolute Gasteiger partial charge is 0.495 e. The number of anilines is 1. The van der Waals surface area contributed by atoms with E-state index >= 15 is 0 Å². The number of carbonyl (C=O) groups is 1. The van der Waals surface area contributed by atoms with Crippen molar-refractivity contribution >= 4 is 11.7 Å². The zero-order valence-electron chi connectivity index (χ0n) is 17.9. The highest BCUT2D eigenvalue weighted by molar-refractivity contribution is 5.91. The quantitative estimate of drug-likeness (QED) is 0.641. The Bertz CT molecular complexity index is 1070. The number of nitrogens with one attached hydrogen (secondary N) is 1. The molecular weight excluding hydrogens is 392 g/mol. The molecule has 1 heterocycles. The van der Waals surface area contributed by atoms with E-state index in [4.69, 9.17) is 14.2 Å². The van der Waals surface area contributed by atoms with E-state index in [-0.39, 0.29) is 12.1 Å². The summed E-state index contributed by atoms with van der Waals surface area (Å²) in [6.07, 6.45) is 0.721. The van der Waals surface area contributed by atoms with Crippen LogP contribution in [0.5, 0.6) is 17.2 Å². The van der Waals surface area contributed by atoms with E-state index in [2.05, 4.69) is 5.32 Å². The third-order valence-electron chi connectivity index (χ3n) is 5.60. The second-order valence-electron chi connectivity index (χ2n) is 7.29. The summed E-state index contributed by atoms with van der Waals surface area (Å²) in [5.74, 6) is 1.96. The van der Waals surface area contributed by atoms with Crippen LogP contribution in [-0.4, -0.2) is 38.8 Å². The molecule has 0 radical (unpaired) electrons. The number of carbonyl (C=O) groups excluding carboxylic acids is 1. The van der Waals surface area contributed by atoms with Gasteiger partial charge in [-0.25, -0.2) is 4.79 Å². The molecule has 1 N–H and O–H groups in total. The molecule has 2 amide bonds. The Hall–Kier alpha value is -3.67. The highest BCUT2D eigenvalue weighted by Gasteiger charge is 2.33. The van der Waals surface area contributed by atoms with E-state index in [1.54, 1.807) is 21.3 Å². The van der Waals surface area contributed by atoms with Crippen molar-refractivity contribution in [1.29, 1.82) is 0 Å². The fourth-order valence-corrected chi connectivity index (χ4v) is 4.09. The van der Waals surface area contributed by atoms with Gasteiger partial charge in [0, 0.05) is 6.54 Å². The van der Waals surface area contributed by atoms with E-state index in [0.717, 1.165) is 23.1 Å². The molecule has 3 aromatic carbocycles. The summed E-state index contributed by atoms with van der Waals surface area (Å²) in [4.78, 5) is 15.3. The molecule has 6 nitrogen and oxygen atoms in total. The van der Waals surface area contributed by atoms with Gasteiger partial charge in [0.1, 0.15) is 5.75 Å². The van der Waals surface area contributed by atoms with Gasteiger partial charge < -0.3 is 24.4 Å². The highest BCUT2D eigenvalue weighted by atomic mass is 16.5. The Morgan fingerprint density at radius 2 is 1.52 bits per heavy atom. The van der Waals surface area contributed by atoms with Crippen molar-refractivity contribution in [3.63, 3.8) is 0 Å². The van der Waals surface area contributed by atoms with Gasteiger partial charge in [-0.1, -0.05) is 42.5 Å². The summed E-state index contributed by atoms with van der Waals surface area (Å²) < 4.78 is 16.4. The van der Waals surface area contributed by atoms with Crippen LogP contribution in [0.25, 0.3) is 0 Å². The van der Waals surface area contributed by atoms with Crippen LogP contribution in [0, 0.1) is 0 Å². The molecule has 1 unspecified atom stereocenters. The van der Waals surface area contributed by atoms with Crippen molar-refractivity contribution in [2.24, 2.45) is 0 Å². The number of methoxy groups -OCH3 is 3. The standard InChI is InChI=1S/C25H26N2O4/c1-29-21-12-8-7-11-20(21)26-25(28)27-14-13-18-15-22(30-2)23(31-3)16-19(18)24(27)17-9-5-4-6-10-17/h4-12,15-16,24H,13-14H2,1-3H3,(H,26,28). The lowest BCUT2D eigenvalue weighted by atomic mass is 9.88. The number of rotatable bonds is 5. The fourth-order valence-electron chi connectivity index (χ4n) is 4.09. The van der Waals surface area contributed by atoms with Gasteiger partial charge in [0.25, 0.3) is 0 Å². The molecule has 0 saturated heterocycles. The van der Waals surface area contributed by atoms with Gasteiger partial charge in [-0.05, 0) is 47.4 Å². The molecule has 1 aliphatic rings. The number of benzene rings is 3. The lowest BCUT2D eigenvalue weighted by Crippen LogP contribution is -2.43. The van der Waals surface area contributed by atoms with Crippen LogP contribution in [0.4, 0.5) is 10.5 Å².